The van der Waals surface area contributed by atoms with Gasteiger partial charge in [-0.1, -0.05) is 118 Å². The minimum atomic E-state index is 0.0604. The van der Waals surface area contributed by atoms with E-state index in [1.165, 1.54) is 44.7 Å². The van der Waals surface area contributed by atoms with Crippen molar-refractivity contribution in [3.8, 4) is 39.6 Å². The molecule has 0 N–H and O–H groups in total. The highest BCUT2D eigenvalue weighted by Crippen LogP contribution is 2.46. The monoisotopic (exact) mass is 766 g/mol. The van der Waals surface area contributed by atoms with Crippen molar-refractivity contribution < 1.29 is 4.74 Å². The molecule has 0 saturated carbocycles. The van der Waals surface area contributed by atoms with Gasteiger partial charge in [0.05, 0.1) is 22.4 Å². The summed E-state index contributed by atoms with van der Waals surface area (Å²) in [6, 6.07) is 60.4. The molecule has 288 valence electrons. The van der Waals surface area contributed by atoms with Crippen LogP contribution in [0.25, 0.3) is 49.9 Å². The van der Waals surface area contributed by atoms with E-state index in [0.29, 0.717) is 6.67 Å². The van der Waals surface area contributed by atoms with E-state index in [4.69, 9.17) is 9.72 Å². The average molecular weight is 767 g/mol. The number of pyridine rings is 1. The summed E-state index contributed by atoms with van der Waals surface area (Å²) >= 11 is 0. The molecule has 0 spiro atoms. The summed E-state index contributed by atoms with van der Waals surface area (Å²) in [6.45, 7) is 11.9. The molecule has 0 atom stereocenters. The summed E-state index contributed by atoms with van der Waals surface area (Å²) in [5.41, 5.74) is 15.3. The van der Waals surface area contributed by atoms with Crippen molar-refractivity contribution in [2.75, 3.05) is 16.5 Å². The molecule has 0 fully saturated rings. The molecule has 1 aliphatic heterocycles. The molecule has 0 amide bonds. The number of rotatable bonds is 7. The molecule has 0 aliphatic carbocycles. The molecule has 5 heteroatoms. The van der Waals surface area contributed by atoms with Crippen LogP contribution in [0.4, 0.5) is 22.7 Å². The Balaban J connectivity index is 1.04. The van der Waals surface area contributed by atoms with Crippen LogP contribution in [-0.4, -0.2) is 16.2 Å². The second kappa shape index (κ2) is 14.4. The maximum absolute atomic E-state index is 6.75. The van der Waals surface area contributed by atoms with E-state index in [0.717, 1.165) is 56.1 Å². The molecule has 0 unspecified atom stereocenters. The molecule has 59 heavy (non-hydrogen) atoms. The first-order valence-electron chi connectivity index (χ1n) is 20.4. The van der Waals surface area contributed by atoms with Crippen molar-refractivity contribution in [3.63, 3.8) is 0 Å². The number of benzene rings is 7. The van der Waals surface area contributed by atoms with Gasteiger partial charge in [0.25, 0.3) is 0 Å². The van der Waals surface area contributed by atoms with Gasteiger partial charge in [-0.3, -0.25) is 4.57 Å². The van der Waals surface area contributed by atoms with E-state index in [-0.39, 0.29) is 5.41 Å². The summed E-state index contributed by atoms with van der Waals surface area (Å²) in [5, 5.41) is 2.32. The van der Waals surface area contributed by atoms with Crippen LogP contribution < -0.4 is 14.5 Å². The number of para-hydroxylation sites is 3. The fraction of sp³-hybridized carbons (Fsp3) is 0.130. The quantitative estimate of drug-likeness (QED) is 0.162. The van der Waals surface area contributed by atoms with Gasteiger partial charge in [0.1, 0.15) is 24.0 Å². The van der Waals surface area contributed by atoms with Crippen molar-refractivity contribution in [1.29, 1.82) is 0 Å². The predicted molar refractivity (Wildman–Crippen MR) is 246 cm³/mol. The van der Waals surface area contributed by atoms with Gasteiger partial charge < -0.3 is 14.5 Å². The minimum absolute atomic E-state index is 0.0604. The van der Waals surface area contributed by atoms with Crippen molar-refractivity contribution in [2.45, 2.75) is 40.0 Å². The molecule has 7 aromatic carbocycles. The Morgan fingerprint density at radius 2 is 1.15 bits per heavy atom. The Kier molecular flexibility index (Phi) is 8.83. The van der Waals surface area contributed by atoms with E-state index >= 15 is 0 Å². The fourth-order valence-electron chi connectivity index (χ4n) is 8.77. The minimum Gasteiger partial charge on any atom is -0.457 e. The number of ether oxygens (including phenoxy) is 1. The molecule has 10 rings (SSSR count). The van der Waals surface area contributed by atoms with Crippen LogP contribution in [0.2, 0.25) is 0 Å². The summed E-state index contributed by atoms with van der Waals surface area (Å²) in [7, 11) is 0. The van der Waals surface area contributed by atoms with Crippen LogP contribution >= 0.6 is 0 Å². The van der Waals surface area contributed by atoms with Gasteiger partial charge in [0.15, 0.2) is 0 Å². The second-order valence-electron chi connectivity index (χ2n) is 16.6. The normalized spacial score (nSPS) is 12.7. The molecule has 0 bridgehead atoms. The lowest BCUT2D eigenvalue weighted by Gasteiger charge is -2.25. The molecular formula is C54H46N4O. The zero-order chi connectivity index (χ0) is 40.3. The Bertz CT molecular complexity index is 3010. The first-order chi connectivity index (χ1) is 28.7. The van der Waals surface area contributed by atoms with Crippen LogP contribution in [0.5, 0.6) is 11.5 Å². The van der Waals surface area contributed by atoms with Crippen LogP contribution in [0.15, 0.2) is 176 Å². The zero-order valence-electron chi connectivity index (χ0n) is 34.1. The third kappa shape index (κ3) is 6.49. The van der Waals surface area contributed by atoms with E-state index in [1.54, 1.807) is 0 Å². The molecule has 0 saturated heterocycles. The molecule has 5 nitrogen and oxygen atoms in total. The number of fused-ring (bicyclic) bond motifs is 4. The van der Waals surface area contributed by atoms with Gasteiger partial charge in [0.2, 0.25) is 0 Å². The maximum atomic E-state index is 6.75. The second-order valence-corrected chi connectivity index (χ2v) is 16.6. The van der Waals surface area contributed by atoms with Gasteiger partial charge in [-0.05, 0) is 113 Å². The third-order valence-corrected chi connectivity index (χ3v) is 11.7. The SMILES string of the molecule is Cc1cccc(C)c1-c1cc(-n2c3ccccc3c3ccc(Oc4cccc(N5CN(c6cccc(C(C)(C)C)c6)c6ccccc65)c4)cc32)ncc1-c1ccccc1. The highest BCUT2D eigenvalue weighted by Gasteiger charge is 2.29. The molecule has 2 aromatic heterocycles. The number of anilines is 4. The lowest BCUT2D eigenvalue weighted by atomic mass is 9.87. The molecule has 3 heterocycles. The lowest BCUT2D eigenvalue weighted by molar-refractivity contribution is 0.483. The highest BCUT2D eigenvalue weighted by atomic mass is 16.5. The van der Waals surface area contributed by atoms with Crippen LogP contribution in [-0.2, 0) is 5.41 Å². The van der Waals surface area contributed by atoms with Crippen molar-refractivity contribution >= 4 is 44.6 Å². The van der Waals surface area contributed by atoms with Crippen LogP contribution in [0.3, 0.4) is 0 Å². The Labute approximate surface area is 346 Å². The van der Waals surface area contributed by atoms with Gasteiger partial charge in [0, 0.05) is 46.0 Å². The topological polar surface area (TPSA) is 33.5 Å². The maximum Gasteiger partial charge on any atom is 0.138 e. The Hall–Kier alpha value is -7.11. The first kappa shape index (κ1) is 36.2. The average Bonchev–Trinajstić information content (AvgIpc) is 3.80. The first-order valence-corrected chi connectivity index (χ1v) is 20.4. The highest BCUT2D eigenvalue weighted by molar-refractivity contribution is 6.09. The van der Waals surface area contributed by atoms with Crippen molar-refractivity contribution in [2.24, 2.45) is 0 Å². The summed E-state index contributed by atoms with van der Waals surface area (Å²) < 4.78 is 9.04. The number of nitrogens with zero attached hydrogens (tertiary/aromatic N) is 4. The number of aryl methyl sites for hydroxylation is 2. The standard InChI is InChI=1S/C54H46N4O/c1-36-16-13-17-37(2)53(36)46-33-52(55-34-47(46)38-18-7-6-8-19-38)58-48-25-10-9-24-44(48)45-29-28-43(32-51(45)58)59-42-23-15-22-41(31-42)57-35-56(49-26-11-12-27-50(49)57)40-21-14-20-39(30-40)54(3,4)5/h6-34H,35H2,1-5H3. The van der Waals surface area contributed by atoms with Crippen molar-refractivity contribution in [3.05, 3.63) is 193 Å². The van der Waals surface area contributed by atoms with E-state index < -0.39 is 0 Å². The van der Waals surface area contributed by atoms with E-state index in [9.17, 15) is 0 Å². The Morgan fingerprint density at radius 3 is 1.90 bits per heavy atom. The fourth-order valence-corrected chi connectivity index (χ4v) is 8.77. The summed E-state index contributed by atoms with van der Waals surface area (Å²) in [4.78, 5) is 9.95. The summed E-state index contributed by atoms with van der Waals surface area (Å²) in [5.74, 6) is 2.40. The summed E-state index contributed by atoms with van der Waals surface area (Å²) in [6.07, 6.45) is 2.04. The van der Waals surface area contributed by atoms with Crippen molar-refractivity contribution in [1.82, 2.24) is 9.55 Å². The lowest BCUT2D eigenvalue weighted by Crippen LogP contribution is -2.24. The van der Waals surface area contributed by atoms with E-state index in [2.05, 4.69) is 213 Å². The molecule has 0 radical (unpaired) electrons. The molecule has 9 aromatic rings. The van der Waals surface area contributed by atoms with Gasteiger partial charge in [-0.15, -0.1) is 0 Å². The largest absolute Gasteiger partial charge is 0.457 e. The molecule has 1 aliphatic rings. The number of aromatic nitrogens is 2. The number of hydrogen-bond acceptors (Lipinski definition) is 4. The predicted octanol–water partition coefficient (Wildman–Crippen LogP) is 14.5. The van der Waals surface area contributed by atoms with E-state index in [1.807, 2.05) is 12.3 Å². The molecular weight excluding hydrogens is 721 g/mol. The van der Waals surface area contributed by atoms with Crippen LogP contribution in [0, 0.1) is 13.8 Å². The number of hydrogen-bond donors (Lipinski definition) is 0. The van der Waals surface area contributed by atoms with Gasteiger partial charge in [-0.2, -0.15) is 0 Å². The smallest absolute Gasteiger partial charge is 0.138 e. The third-order valence-electron chi connectivity index (χ3n) is 11.7. The van der Waals surface area contributed by atoms with Gasteiger partial charge in [-0.25, -0.2) is 4.98 Å². The van der Waals surface area contributed by atoms with Crippen LogP contribution in [0.1, 0.15) is 37.5 Å². The van der Waals surface area contributed by atoms with Gasteiger partial charge >= 0.3 is 0 Å². The zero-order valence-corrected chi connectivity index (χ0v) is 34.1. The Morgan fingerprint density at radius 1 is 0.525 bits per heavy atom.